The maximum atomic E-state index is 12.6. The van der Waals surface area contributed by atoms with Crippen molar-refractivity contribution in [1.29, 1.82) is 0 Å². The Morgan fingerprint density at radius 2 is 1.59 bits per heavy atom. The average molecular weight is 389 g/mol. The number of rotatable bonds is 6. The molecular formula is C22H32N2O2S. The highest BCUT2D eigenvalue weighted by Crippen LogP contribution is 2.32. The summed E-state index contributed by atoms with van der Waals surface area (Å²) in [5, 5.41) is 6.07. The second kappa shape index (κ2) is 10.2. The van der Waals surface area contributed by atoms with Crippen LogP contribution in [0.1, 0.15) is 79.6 Å². The van der Waals surface area contributed by atoms with Crippen molar-refractivity contribution in [3.63, 3.8) is 0 Å². The summed E-state index contributed by atoms with van der Waals surface area (Å²) in [6, 6.07) is 8.37. The molecule has 0 spiro atoms. The van der Waals surface area contributed by atoms with Crippen LogP contribution in [0.5, 0.6) is 0 Å². The van der Waals surface area contributed by atoms with Gasteiger partial charge in [-0.05, 0) is 62.1 Å². The number of benzene rings is 1. The van der Waals surface area contributed by atoms with Crippen molar-refractivity contribution in [1.82, 2.24) is 10.6 Å². The van der Waals surface area contributed by atoms with Crippen LogP contribution in [0.3, 0.4) is 0 Å². The minimum Gasteiger partial charge on any atom is -0.355 e. The topological polar surface area (TPSA) is 58.2 Å². The van der Waals surface area contributed by atoms with E-state index in [0.717, 1.165) is 31.2 Å². The molecule has 148 valence electrons. The molecule has 4 nitrogen and oxygen atoms in total. The summed E-state index contributed by atoms with van der Waals surface area (Å²) in [7, 11) is 0. The molecule has 0 aliphatic heterocycles. The highest BCUT2D eigenvalue weighted by Gasteiger charge is 2.27. The van der Waals surface area contributed by atoms with Gasteiger partial charge >= 0.3 is 0 Å². The lowest BCUT2D eigenvalue weighted by Gasteiger charge is -2.28. The Bertz CT molecular complexity index is 618. The molecular weight excluding hydrogens is 356 g/mol. The van der Waals surface area contributed by atoms with Gasteiger partial charge in [-0.3, -0.25) is 9.59 Å². The van der Waals surface area contributed by atoms with Gasteiger partial charge in [-0.15, -0.1) is 0 Å². The Morgan fingerprint density at radius 3 is 2.22 bits per heavy atom. The minimum atomic E-state index is 0.00756. The highest BCUT2D eigenvalue weighted by molar-refractivity contribution is 7.80. The summed E-state index contributed by atoms with van der Waals surface area (Å²) in [6.45, 7) is 0.620. The normalized spacial score (nSPS) is 23.6. The van der Waals surface area contributed by atoms with Crippen molar-refractivity contribution in [3.8, 4) is 0 Å². The quantitative estimate of drug-likeness (QED) is 0.644. The van der Waals surface area contributed by atoms with Crippen LogP contribution in [0.2, 0.25) is 0 Å². The van der Waals surface area contributed by atoms with Gasteiger partial charge in [0.2, 0.25) is 5.91 Å². The van der Waals surface area contributed by atoms with Crippen molar-refractivity contribution in [3.05, 3.63) is 35.4 Å². The van der Waals surface area contributed by atoms with Crippen molar-refractivity contribution in [2.75, 3.05) is 12.3 Å². The van der Waals surface area contributed by atoms with E-state index in [4.69, 9.17) is 0 Å². The van der Waals surface area contributed by atoms with E-state index in [1.54, 1.807) is 0 Å². The van der Waals surface area contributed by atoms with Crippen molar-refractivity contribution in [2.45, 2.75) is 69.7 Å². The zero-order valence-corrected chi connectivity index (χ0v) is 17.0. The minimum absolute atomic E-state index is 0.00756. The molecule has 0 saturated heterocycles. The standard InChI is InChI=1S/C22H32N2O2S/c25-21(23-14-15-27)18-10-12-20(13-11-18)24-22(26)19-8-6-17(7-9-19)16-4-2-1-3-5-16/h6-9,16,18,20,27H,1-5,10-15H2,(H,23,25)(H,24,26). The van der Waals surface area contributed by atoms with Crippen LogP contribution in [0.4, 0.5) is 0 Å². The number of carbonyl (C=O) groups is 2. The van der Waals surface area contributed by atoms with Gasteiger partial charge in [-0.25, -0.2) is 0 Å². The molecule has 0 bridgehead atoms. The summed E-state index contributed by atoms with van der Waals surface area (Å²) in [4.78, 5) is 24.6. The van der Waals surface area contributed by atoms with Gasteiger partial charge in [0.25, 0.3) is 5.91 Å². The third-order valence-electron chi connectivity index (χ3n) is 6.09. The summed E-state index contributed by atoms with van der Waals surface area (Å²) in [5.74, 6) is 1.55. The second-order valence-electron chi connectivity index (χ2n) is 7.99. The number of thiol groups is 1. The fourth-order valence-electron chi connectivity index (χ4n) is 4.43. The molecule has 1 aromatic rings. The predicted octanol–water partition coefficient (Wildman–Crippen LogP) is 4.07. The highest BCUT2D eigenvalue weighted by atomic mass is 32.1. The number of amides is 2. The van der Waals surface area contributed by atoms with Gasteiger partial charge in [0, 0.05) is 29.8 Å². The summed E-state index contributed by atoms with van der Waals surface area (Å²) in [6.07, 6.45) is 9.96. The number of carbonyl (C=O) groups excluding carboxylic acids is 2. The van der Waals surface area contributed by atoms with Crippen LogP contribution in [0.25, 0.3) is 0 Å². The van der Waals surface area contributed by atoms with E-state index in [1.165, 1.54) is 37.7 Å². The van der Waals surface area contributed by atoms with E-state index in [0.29, 0.717) is 18.2 Å². The largest absolute Gasteiger partial charge is 0.355 e. The van der Waals surface area contributed by atoms with Gasteiger partial charge in [0.1, 0.15) is 0 Å². The maximum absolute atomic E-state index is 12.6. The Kier molecular flexibility index (Phi) is 7.62. The van der Waals surface area contributed by atoms with E-state index < -0.39 is 0 Å². The molecule has 2 aliphatic carbocycles. The maximum Gasteiger partial charge on any atom is 0.251 e. The third-order valence-corrected chi connectivity index (χ3v) is 6.32. The molecule has 5 heteroatoms. The van der Waals surface area contributed by atoms with Gasteiger partial charge < -0.3 is 10.6 Å². The first kappa shape index (κ1) is 20.2. The van der Waals surface area contributed by atoms with Gasteiger partial charge in [-0.2, -0.15) is 12.6 Å². The Labute approximate surface area is 168 Å². The fourth-order valence-corrected chi connectivity index (χ4v) is 4.55. The first-order chi connectivity index (χ1) is 13.2. The van der Waals surface area contributed by atoms with E-state index in [9.17, 15) is 9.59 Å². The zero-order chi connectivity index (χ0) is 19.1. The Hall–Kier alpha value is -1.49. The monoisotopic (exact) mass is 388 g/mol. The fraction of sp³-hybridized carbons (Fsp3) is 0.636. The summed E-state index contributed by atoms with van der Waals surface area (Å²) in [5.41, 5.74) is 2.11. The number of hydrogen-bond acceptors (Lipinski definition) is 3. The van der Waals surface area contributed by atoms with Gasteiger partial charge in [-0.1, -0.05) is 31.4 Å². The van der Waals surface area contributed by atoms with Gasteiger partial charge in [0.05, 0.1) is 0 Å². The smallest absolute Gasteiger partial charge is 0.251 e. The zero-order valence-electron chi connectivity index (χ0n) is 16.1. The molecule has 0 unspecified atom stereocenters. The molecule has 2 aliphatic rings. The third kappa shape index (κ3) is 5.74. The van der Waals surface area contributed by atoms with Crippen molar-refractivity contribution < 1.29 is 9.59 Å². The lowest BCUT2D eigenvalue weighted by atomic mass is 9.84. The predicted molar refractivity (Wildman–Crippen MR) is 112 cm³/mol. The molecule has 2 fully saturated rings. The van der Waals surface area contributed by atoms with Crippen molar-refractivity contribution in [2.24, 2.45) is 5.92 Å². The van der Waals surface area contributed by atoms with E-state index in [1.807, 2.05) is 12.1 Å². The molecule has 3 rings (SSSR count). The molecule has 2 saturated carbocycles. The van der Waals surface area contributed by atoms with Crippen LogP contribution in [-0.2, 0) is 4.79 Å². The van der Waals surface area contributed by atoms with Crippen LogP contribution >= 0.6 is 12.6 Å². The molecule has 2 N–H and O–H groups in total. The number of hydrogen-bond donors (Lipinski definition) is 3. The Morgan fingerprint density at radius 1 is 0.926 bits per heavy atom. The van der Waals surface area contributed by atoms with E-state index in [-0.39, 0.29) is 23.8 Å². The first-order valence-electron chi connectivity index (χ1n) is 10.5. The molecule has 0 radical (unpaired) electrons. The molecule has 0 aromatic heterocycles. The molecule has 1 aromatic carbocycles. The van der Waals surface area contributed by atoms with Crippen LogP contribution < -0.4 is 10.6 Å². The van der Waals surface area contributed by atoms with Gasteiger partial charge in [0.15, 0.2) is 0 Å². The summed E-state index contributed by atoms with van der Waals surface area (Å²) >= 11 is 4.12. The lowest BCUT2D eigenvalue weighted by Crippen LogP contribution is -2.41. The van der Waals surface area contributed by atoms with Crippen LogP contribution in [0.15, 0.2) is 24.3 Å². The molecule has 0 heterocycles. The van der Waals surface area contributed by atoms with Crippen LogP contribution in [0, 0.1) is 5.92 Å². The van der Waals surface area contributed by atoms with Crippen LogP contribution in [-0.4, -0.2) is 30.2 Å². The Balaban J connectivity index is 1.46. The summed E-state index contributed by atoms with van der Waals surface area (Å²) < 4.78 is 0. The number of nitrogens with one attached hydrogen (secondary N) is 2. The SMILES string of the molecule is O=C(NC1CCC(C(=O)NCCS)CC1)c1ccc(C2CCCCC2)cc1. The first-order valence-corrected chi connectivity index (χ1v) is 11.1. The van der Waals surface area contributed by atoms with E-state index >= 15 is 0 Å². The lowest BCUT2D eigenvalue weighted by molar-refractivity contribution is -0.125. The molecule has 0 atom stereocenters. The van der Waals surface area contributed by atoms with E-state index in [2.05, 4.69) is 35.4 Å². The van der Waals surface area contributed by atoms with Crippen molar-refractivity contribution >= 4 is 24.4 Å². The second-order valence-corrected chi connectivity index (χ2v) is 8.44. The molecule has 27 heavy (non-hydrogen) atoms. The molecule has 2 amide bonds. The average Bonchev–Trinajstić information content (AvgIpc) is 2.73.